The van der Waals surface area contributed by atoms with E-state index in [-0.39, 0.29) is 17.5 Å². The van der Waals surface area contributed by atoms with E-state index in [0.29, 0.717) is 17.8 Å². The molecule has 0 saturated heterocycles. The van der Waals surface area contributed by atoms with Crippen LogP contribution in [0.3, 0.4) is 0 Å². The van der Waals surface area contributed by atoms with Crippen LogP contribution in [0.2, 0.25) is 0 Å². The van der Waals surface area contributed by atoms with E-state index in [2.05, 4.69) is 210 Å². The zero-order valence-corrected chi connectivity index (χ0v) is 46.4. The quantitative estimate of drug-likeness (QED) is 0.159. The summed E-state index contributed by atoms with van der Waals surface area (Å²) in [6, 6.07) is 65.7. The van der Waals surface area contributed by atoms with E-state index >= 15 is 0 Å². The zero-order valence-electron chi connectivity index (χ0n) is 45.6. The monoisotopic (exact) mass is 1030 g/mol. The normalized spacial score (nSPS) is 21.4. The molecular weight excluding hydrogens is 962 g/mol. The minimum atomic E-state index is -0.128. The van der Waals surface area contributed by atoms with Crippen LogP contribution >= 0.6 is 11.3 Å². The standard InChI is InChI=1S/C73H68BN3S/c1-72(2,3)51-40-65-69-66(41-51)77(62-29-17-27-59-68(62)55-25-13-15-26-58(55)73(59)44-45-30-34-50(73)38-45)64-43-63-56(54-24-14-16-28-61(54)75(63)52-22-11-6-12-23-52)42-60(64)74(69)71-70(57-39-49(33-37-67(57)78-71)47-20-9-5-10-21-47)76(65)53-35-31-48(32-36-53)46-18-7-4-8-19-46/h6,11-17,22-29,31-33,35-37,39-43,45-47,50H,4-5,7-10,18-21,30,34,38,44H2,1-3H3. The van der Waals surface area contributed by atoms with Crippen LogP contribution in [0.25, 0.3) is 48.7 Å². The molecule has 8 aromatic carbocycles. The summed E-state index contributed by atoms with van der Waals surface area (Å²) in [5, 5.41) is 4.04. The fraction of sp³-hybridized carbons (Fsp3) is 0.315. The van der Waals surface area contributed by atoms with Crippen LogP contribution in [-0.2, 0) is 10.8 Å². The van der Waals surface area contributed by atoms with Crippen molar-refractivity contribution in [3.63, 3.8) is 0 Å². The summed E-state index contributed by atoms with van der Waals surface area (Å²) in [6.07, 6.45) is 18.6. The first-order valence-electron chi connectivity index (χ1n) is 30.1. The minimum Gasteiger partial charge on any atom is -0.311 e. The van der Waals surface area contributed by atoms with Crippen LogP contribution in [0, 0.1) is 11.8 Å². The Morgan fingerprint density at radius 3 is 1.99 bits per heavy atom. The first kappa shape index (κ1) is 46.1. The van der Waals surface area contributed by atoms with Crippen molar-refractivity contribution in [1.82, 2.24) is 4.57 Å². The van der Waals surface area contributed by atoms with E-state index in [1.807, 2.05) is 0 Å². The lowest BCUT2D eigenvalue weighted by Crippen LogP contribution is -2.60. The molecule has 2 bridgehead atoms. The Bertz CT molecular complexity index is 4090. The molecule has 1 spiro atoms. The second-order valence-corrected chi connectivity index (χ2v) is 27.1. The topological polar surface area (TPSA) is 11.4 Å². The van der Waals surface area contributed by atoms with E-state index in [1.165, 1.54) is 205 Å². The molecule has 3 unspecified atom stereocenters. The van der Waals surface area contributed by atoms with Gasteiger partial charge in [-0.1, -0.05) is 163 Å². The van der Waals surface area contributed by atoms with Crippen molar-refractivity contribution in [3.05, 3.63) is 192 Å². The molecule has 3 atom stereocenters. The van der Waals surface area contributed by atoms with Gasteiger partial charge in [0.2, 0.25) is 0 Å². The maximum absolute atomic E-state index is 2.80. The summed E-state index contributed by atoms with van der Waals surface area (Å²) in [5.41, 5.74) is 24.9. The van der Waals surface area contributed by atoms with Gasteiger partial charge in [-0.2, -0.15) is 0 Å². The van der Waals surface area contributed by atoms with Crippen molar-refractivity contribution >= 4 is 99.8 Å². The van der Waals surface area contributed by atoms with Gasteiger partial charge in [-0.05, 0) is 185 Å². The van der Waals surface area contributed by atoms with Crippen LogP contribution in [-0.4, -0.2) is 11.3 Å². The van der Waals surface area contributed by atoms with Crippen molar-refractivity contribution in [2.75, 3.05) is 9.80 Å². The number of nitrogens with zero attached hydrogens (tertiary/aromatic N) is 3. The fourth-order valence-electron chi connectivity index (χ4n) is 17.4. The van der Waals surface area contributed by atoms with Crippen LogP contribution in [0.1, 0.15) is 150 Å². The molecule has 4 heterocycles. The summed E-state index contributed by atoms with van der Waals surface area (Å²) in [6.45, 7) is 7.32. The number of thiophene rings is 1. The third kappa shape index (κ3) is 6.52. The average Bonchev–Trinajstić information content (AvgIpc) is 3.06. The molecule has 3 nitrogen and oxygen atoms in total. The van der Waals surface area contributed by atoms with Crippen molar-refractivity contribution in [3.8, 4) is 16.8 Å². The van der Waals surface area contributed by atoms with E-state index in [0.717, 1.165) is 5.92 Å². The molecule has 78 heavy (non-hydrogen) atoms. The van der Waals surface area contributed by atoms with Crippen LogP contribution < -0.4 is 25.5 Å². The summed E-state index contributed by atoms with van der Waals surface area (Å²) >= 11 is 2.06. The highest BCUT2D eigenvalue weighted by atomic mass is 32.1. The summed E-state index contributed by atoms with van der Waals surface area (Å²) in [7, 11) is 0. The Balaban J connectivity index is 0.996. The molecule has 10 aromatic rings. The van der Waals surface area contributed by atoms with Gasteiger partial charge in [0.05, 0.1) is 22.4 Å². The van der Waals surface area contributed by atoms with Gasteiger partial charge in [0, 0.05) is 65.1 Å². The van der Waals surface area contributed by atoms with Gasteiger partial charge in [-0.15, -0.1) is 11.3 Å². The molecule has 0 N–H and O–H groups in total. The lowest BCUT2D eigenvalue weighted by molar-refractivity contribution is 0.327. The number of para-hydroxylation sites is 2. The molecule has 4 saturated carbocycles. The van der Waals surface area contributed by atoms with Crippen molar-refractivity contribution in [2.45, 2.75) is 133 Å². The van der Waals surface area contributed by atoms with Crippen molar-refractivity contribution in [1.29, 1.82) is 0 Å². The summed E-state index contributed by atoms with van der Waals surface area (Å²) < 4.78 is 5.41. The maximum atomic E-state index is 2.80. The lowest BCUT2D eigenvalue weighted by atomic mass is 9.36. The van der Waals surface area contributed by atoms with Gasteiger partial charge in [-0.25, -0.2) is 0 Å². The summed E-state index contributed by atoms with van der Waals surface area (Å²) in [4.78, 5) is 5.57. The van der Waals surface area contributed by atoms with Crippen molar-refractivity contribution in [2.24, 2.45) is 11.8 Å². The minimum absolute atomic E-state index is 0.0164. The van der Waals surface area contributed by atoms with Crippen LogP contribution in [0.4, 0.5) is 34.1 Å². The third-order valence-electron chi connectivity index (χ3n) is 21.0. The third-order valence-corrected chi connectivity index (χ3v) is 22.2. The summed E-state index contributed by atoms with van der Waals surface area (Å²) in [5.74, 6) is 2.75. The number of rotatable bonds is 5. The fourth-order valence-corrected chi connectivity index (χ4v) is 18.7. The second-order valence-electron chi connectivity index (χ2n) is 26.0. The molecule has 5 heteroatoms. The molecule has 0 amide bonds. The number of hydrogen-bond donors (Lipinski definition) is 0. The molecule has 384 valence electrons. The molecule has 17 rings (SSSR count). The molecular formula is C73H68BN3S. The largest absolute Gasteiger partial charge is 0.311 e. The predicted molar refractivity (Wildman–Crippen MR) is 332 cm³/mol. The first-order valence-corrected chi connectivity index (χ1v) is 30.9. The Hall–Kier alpha value is -6.82. The number of fused-ring (bicyclic) bond motifs is 17. The predicted octanol–water partition coefficient (Wildman–Crippen LogP) is 18.6. The molecule has 5 aliphatic carbocycles. The van der Waals surface area contributed by atoms with Gasteiger partial charge < -0.3 is 14.4 Å². The number of anilines is 6. The first-order chi connectivity index (χ1) is 38.3. The molecule has 2 aromatic heterocycles. The van der Waals surface area contributed by atoms with Gasteiger partial charge in [0.25, 0.3) is 6.71 Å². The Morgan fingerprint density at radius 1 is 0.526 bits per heavy atom. The maximum Gasteiger partial charge on any atom is 0.264 e. The highest BCUT2D eigenvalue weighted by molar-refractivity contribution is 7.33. The van der Waals surface area contributed by atoms with Gasteiger partial charge in [-0.3, -0.25) is 0 Å². The van der Waals surface area contributed by atoms with E-state index < -0.39 is 0 Å². The average molecular weight is 1030 g/mol. The van der Waals surface area contributed by atoms with Gasteiger partial charge >= 0.3 is 0 Å². The molecule has 7 aliphatic rings. The molecule has 0 radical (unpaired) electrons. The Kier molecular flexibility index (Phi) is 10.1. The number of aromatic nitrogens is 1. The highest BCUT2D eigenvalue weighted by Crippen LogP contribution is 2.67. The van der Waals surface area contributed by atoms with Crippen molar-refractivity contribution < 1.29 is 0 Å². The highest BCUT2D eigenvalue weighted by Gasteiger charge is 2.58. The number of benzene rings is 8. The van der Waals surface area contributed by atoms with Crippen LogP contribution in [0.15, 0.2) is 164 Å². The van der Waals surface area contributed by atoms with E-state index in [4.69, 9.17) is 0 Å². The van der Waals surface area contributed by atoms with Crippen LogP contribution in [0.5, 0.6) is 0 Å². The lowest BCUT2D eigenvalue weighted by Gasteiger charge is -2.44. The van der Waals surface area contributed by atoms with Gasteiger partial charge in [0.15, 0.2) is 0 Å². The SMILES string of the molecule is CC(C)(C)c1cc2c3c(c1)N(c1ccc(C4CCCCC4)cc1)c1c(sc4ccc(C5CCCCC5)cc14)B3c1cc3c4ccccc4n(-c4ccccc4)c3cc1N2c1cccc2c1-c1ccccc1C21CC2CCC1C2. The Labute approximate surface area is 465 Å². The van der Waals surface area contributed by atoms with E-state index in [9.17, 15) is 0 Å². The van der Waals surface area contributed by atoms with Gasteiger partial charge in [0.1, 0.15) is 0 Å². The number of hydrogen-bond acceptors (Lipinski definition) is 3. The molecule has 4 fully saturated rings. The van der Waals surface area contributed by atoms with E-state index in [1.54, 1.807) is 11.1 Å². The zero-order chi connectivity index (χ0) is 51.6. The second kappa shape index (κ2) is 17.1. The molecule has 2 aliphatic heterocycles. The Morgan fingerprint density at radius 2 is 1.23 bits per heavy atom. The smallest absolute Gasteiger partial charge is 0.264 e.